The monoisotopic (exact) mass is 409 g/mol. The van der Waals surface area contributed by atoms with Crippen LogP contribution in [0.2, 0.25) is 0 Å². The molecule has 0 bridgehead atoms. The number of benzene rings is 4. The molecule has 0 N–H and O–H groups in total. The highest BCUT2D eigenvalue weighted by atomic mass is 16.5. The number of rotatable bonds is 8. The molecule has 0 fully saturated rings. The molecule has 0 heterocycles. The Bertz CT molecular complexity index is 1030. The molecule has 0 aromatic heterocycles. The SMILES string of the molecule is COc1cc(CCc2ccc(N(c3ccccc3)c3ccccc3)cc2)cc(OC)c1. The number of hydrogen-bond acceptors (Lipinski definition) is 3. The van der Waals surface area contributed by atoms with Gasteiger partial charge < -0.3 is 14.4 Å². The summed E-state index contributed by atoms with van der Waals surface area (Å²) in [4.78, 5) is 2.27. The highest BCUT2D eigenvalue weighted by molar-refractivity contribution is 5.76. The van der Waals surface area contributed by atoms with Gasteiger partial charge in [0.15, 0.2) is 0 Å². The van der Waals surface area contributed by atoms with E-state index in [0.717, 1.165) is 41.4 Å². The van der Waals surface area contributed by atoms with Crippen molar-refractivity contribution in [1.82, 2.24) is 0 Å². The van der Waals surface area contributed by atoms with Crippen molar-refractivity contribution in [1.29, 1.82) is 0 Å². The van der Waals surface area contributed by atoms with E-state index in [1.54, 1.807) is 14.2 Å². The molecule has 0 unspecified atom stereocenters. The topological polar surface area (TPSA) is 21.7 Å². The molecule has 4 rings (SSSR count). The summed E-state index contributed by atoms with van der Waals surface area (Å²) >= 11 is 0. The number of ether oxygens (including phenoxy) is 2. The molecule has 0 atom stereocenters. The lowest BCUT2D eigenvalue weighted by molar-refractivity contribution is 0.393. The molecule has 0 saturated carbocycles. The van der Waals surface area contributed by atoms with Crippen molar-refractivity contribution < 1.29 is 9.47 Å². The van der Waals surface area contributed by atoms with Crippen LogP contribution in [0, 0.1) is 0 Å². The first-order valence-corrected chi connectivity index (χ1v) is 10.5. The maximum absolute atomic E-state index is 5.39. The van der Waals surface area contributed by atoms with E-state index in [0.29, 0.717) is 0 Å². The lowest BCUT2D eigenvalue weighted by Crippen LogP contribution is -2.09. The summed E-state index contributed by atoms with van der Waals surface area (Å²) < 4.78 is 10.8. The standard InChI is InChI=1S/C28H27NO2/c1-30-27-19-23(20-28(21-27)31-2)14-13-22-15-17-26(18-16-22)29(24-9-5-3-6-10-24)25-11-7-4-8-12-25/h3-12,15-21H,13-14H2,1-2H3. The van der Waals surface area contributed by atoms with Crippen molar-refractivity contribution in [2.75, 3.05) is 19.1 Å². The van der Waals surface area contributed by atoms with Crippen molar-refractivity contribution in [3.63, 3.8) is 0 Å². The summed E-state index contributed by atoms with van der Waals surface area (Å²) in [6, 6.07) is 35.8. The summed E-state index contributed by atoms with van der Waals surface area (Å²) in [6.45, 7) is 0. The van der Waals surface area contributed by atoms with Gasteiger partial charge in [-0.2, -0.15) is 0 Å². The molecular weight excluding hydrogens is 382 g/mol. The van der Waals surface area contributed by atoms with Gasteiger partial charge in [-0.3, -0.25) is 0 Å². The number of methoxy groups -OCH3 is 2. The largest absolute Gasteiger partial charge is 0.497 e. The molecule has 4 aromatic carbocycles. The summed E-state index contributed by atoms with van der Waals surface area (Å²) in [6.07, 6.45) is 1.88. The van der Waals surface area contributed by atoms with E-state index in [4.69, 9.17) is 9.47 Å². The molecule has 31 heavy (non-hydrogen) atoms. The predicted molar refractivity (Wildman–Crippen MR) is 128 cm³/mol. The Balaban J connectivity index is 1.54. The first-order chi connectivity index (χ1) is 15.3. The third-order valence-corrected chi connectivity index (χ3v) is 5.34. The van der Waals surface area contributed by atoms with Crippen LogP contribution in [0.5, 0.6) is 11.5 Å². The van der Waals surface area contributed by atoms with Gasteiger partial charge in [-0.15, -0.1) is 0 Å². The molecule has 0 saturated heterocycles. The molecule has 4 aromatic rings. The summed E-state index contributed by atoms with van der Waals surface area (Å²) in [5, 5.41) is 0. The van der Waals surface area contributed by atoms with Crippen molar-refractivity contribution >= 4 is 17.1 Å². The molecular formula is C28H27NO2. The number of hydrogen-bond donors (Lipinski definition) is 0. The molecule has 0 amide bonds. The zero-order chi connectivity index (χ0) is 21.5. The minimum absolute atomic E-state index is 0.825. The lowest BCUT2D eigenvalue weighted by atomic mass is 10.0. The zero-order valence-corrected chi connectivity index (χ0v) is 18.0. The normalized spacial score (nSPS) is 10.5. The van der Waals surface area contributed by atoms with E-state index in [9.17, 15) is 0 Å². The average Bonchev–Trinajstić information content (AvgIpc) is 2.85. The highest BCUT2D eigenvalue weighted by Crippen LogP contribution is 2.34. The fourth-order valence-corrected chi connectivity index (χ4v) is 3.71. The molecule has 0 aliphatic rings. The van der Waals surface area contributed by atoms with Gasteiger partial charge in [-0.05, 0) is 72.5 Å². The Morgan fingerprint density at radius 3 is 1.45 bits per heavy atom. The van der Waals surface area contributed by atoms with Gasteiger partial charge in [0.2, 0.25) is 0 Å². The van der Waals surface area contributed by atoms with Gasteiger partial charge in [0.05, 0.1) is 14.2 Å². The molecule has 156 valence electrons. The Morgan fingerprint density at radius 2 is 0.968 bits per heavy atom. The van der Waals surface area contributed by atoms with Crippen LogP contribution in [0.4, 0.5) is 17.1 Å². The Labute approximate surface area is 184 Å². The second kappa shape index (κ2) is 9.86. The average molecular weight is 410 g/mol. The smallest absolute Gasteiger partial charge is 0.122 e. The maximum atomic E-state index is 5.39. The molecule has 0 aliphatic heterocycles. The molecule has 3 nitrogen and oxygen atoms in total. The van der Waals surface area contributed by atoms with Crippen LogP contribution in [0.25, 0.3) is 0 Å². The number of aryl methyl sites for hydroxylation is 2. The first kappa shape index (κ1) is 20.5. The van der Waals surface area contributed by atoms with Crippen molar-refractivity contribution in [2.24, 2.45) is 0 Å². The molecule has 0 radical (unpaired) electrons. The highest BCUT2D eigenvalue weighted by Gasteiger charge is 2.11. The number of anilines is 3. The van der Waals surface area contributed by atoms with Gasteiger partial charge in [-0.1, -0.05) is 48.5 Å². The van der Waals surface area contributed by atoms with E-state index in [1.807, 2.05) is 18.2 Å². The minimum Gasteiger partial charge on any atom is -0.497 e. The van der Waals surface area contributed by atoms with Gasteiger partial charge in [0.1, 0.15) is 11.5 Å². The Hall–Kier alpha value is -3.72. The van der Waals surface area contributed by atoms with E-state index in [-0.39, 0.29) is 0 Å². The second-order valence-corrected chi connectivity index (χ2v) is 7.39. The summed E-state index contributed by atoms with van der Waals surface area (Å²) in [5.74, 6) is 1.65. The second-order valence-electron chi connectivity index (χ2n) is 7.39. The van der Waals surface area contributed by atoms with Crippen LogP contribution >= 0.6 is 0 Å². The Kier molecular flexibility index (Phi) is 6.53. The number of nitrogens with zero attached hydrogens (tertiary/aromatic N) is 1. The van der Waals surface area contributed by atoms with E-state index in [2.05, 4.69) is 89.8 Å². The molecule has 0 spiro atoms. The van der Waals surface area contributed by atoms with Crippen LogP contribution < -0.4 is 14.4 Å². The van der Waals surface area contributed by atoms with Crippen LogP contribution in [-0.4, -0.2) is 14.2 Å². The van der Waals surface area contributed by atoms with Gasteiger partial charge in [-0.25, -0.2) is 0 Å². The quantitative estimate of drug-likeness (QED) is 0.314. The fraction of sp³-hybridized carbons (Fsp3) is 0.143. The first-order valence-electron chi connectivity index (χ1n) is 10.5. The fourth-order valence-electron chi connectivity index (χ4n) is 3.71. The van der Waals surface area contributed by atoms with E-state index >= 15 is 0 Å². The van der Waals surface area contributed by atoms with Gasteiger partial charge in [0, 0.05) is 23.1 Å². The third kappa shape index (κ3) is 5.07. The van der Waals surface area contributed by atoms with Gasteiger partial charge in [0.25, 0.3) is 0 Å². The van der Waals surface area contributed by atoms with Crippen LogP contribution in [0.3, 0.4) is 0 Å². The van der Waals surface area contributed by atoms with Crippen LogP contribution in [0.1, 0.15) is 11.1 Å². The third-order valence-electron chi connectivity index (χ3n) is 5.34. The van der Waals surface area contributed by atoms with Crippen molar-refractivity contribution in [3.8, 4) is 11.5 Å². The zero-order valence-electron chi connectivity index (χ0n) is 18.0. The van der Waals surface area contributed by atoms with Crippen molar-refractivity contribution in [3.05, 3.63) is 114 Å². The van der Waals surface area contributed by atoms with Gasteiger partial charge >= 0.3 is 0 Å². The predicted octanol–water partition coefficient (Wildman–Crippen LogP) is 6.96. The maximum Gasteiger partial charge on any atom is 0.122 e. The van der Waals surface area contributed by atoms with Crippen LogP contribution in [-0.2, 0) is 12.8 Å². The molecule has 0 aliphatic carbocycles. The Morgan fingerprint density at radius 1 is 0.516 bits per heavy atom. The van der Waals surface area contributed by atoms with Crippen LogP contribution in [0.15, 0.2) is 103 Å². The van der Waals surface area contributed by atoms with Crippen molar-refractivity contribution in [2.45, 2.75) is 12.8 Å². The van der Waals surface area contributed by atoms with E-state index in [1.165, 1.54) is 11.1 Å². The lowest BCUT2D eigenvalue weighted by Gasteiger charge is -2.25. The summed E-state index contributed by atoms with van der Waals surface area (Å²) in [7, 11) is 3.37. The van der Waals surface area contributed by atoms with E-state index < -0.39 is 0 Å². The molecule has 3 heteroatoms. The number of para-hydroxylation sites is 2. The summed E-state index contributed by atoms with van der Waals surface area (Å²) in [5.41, 5.74) is 5.93. The minimum atomic E-state index is 0.825.